The van der Waals surface area contributed by atoms with Crippen LogP contribution in [0.3, 0.4) is 0 Å². The standard InChI is InChI=1S/C15H25NO3/c1-11(2)16-9-13-6-7-14(18-5)8-15(13)19-12(3)10-17-4/h6-8,11-12,16H,9-10H2,1-5H3. The molecule has 0 aliphatic carbocycles. The van der Waals surface area contributed by atoms with Gasteiger partial charge in [0.1, 0.15) is 17.6 Å². The highest BCUT2D eigenvalue weighted by Gasteiger charge is 2.10. The highest BCUT2D eigenvalue weighted by atomic mass is 16.5. The van der Waals surface area contributed by atoms with E-state index in [0.29, 0.717) is 12.6 Å². The summed E-state index contributed by atoms with van der Waals surface area (Å²) in [4.78, 5) is 0. The molecule has 4 heteroatoms. The molecule has 0 radical (unpaired) electrons. The summed E-state index contributed by atoms with van der Waals surface area (Å²) in [5, 5.41) is 3.39. The third kappa shape index (κ3) is 5.49. The average molecular weight is 267 g/mol. The van der Waals surface area contributed by atoms with E-state index in [2.05, 4.69) is 19.2 Å². The minimum absolute atomic E-state index is 0.00917. The van der Waals surface area contributed by atoms with Crippen LogP contribution in [-0.4, -0.2) is 33.0 Å². The van der Waals surface area contributed by atoms with Crippen molar-refractivity contribution in [2.45, 2.75) is 39.5 Å². The van der Waals surface area contributed by atoms with Crippen molar-refractivity contribution in [1.82, 2.24) is 5.32 Å². The summed E-state index contributed by atoms with van der Waals surface area (Å²) >= 11 is 0. The minimum Gasteiger partial charge on any atom is -0.497 e. The highest BCUT2D eigenvalue weighted by Crippen LogP contribution is 2.26. The van der Waals surface area contributed by atoms with E-state index in [0.717, 1.165) is 23.6 Å². The lowest BCUT2D eigenvalue weighted by Crippen LogP contribution is -2.23. The van der Waals surface area contributed by atoms with Crippen molar-refractivity contribution in [1.29, 1.82) is 0 Å². The van der Waals surface area contributed by atoms with Gasteiger partial charge >= 0.3 is 0 Å². The zero-order valence-electron chi connectivity index (χ0n) is 12.5. The van der Waals surface area contributed by atoms with E-state index in [1.54, 1.807) is 14.2 Å². The second-order valence-electron chi connectivity index (χ2n) is 4.89. The van der Waals surface area contributed by atoms with Crippen molar-refractivity contribution in [3.05, 3.63) is 23.8 Å². The van der Waals surface area contributed by atoms with Gasteiger partial charge in [0.15, 0.2) is 0 Å². The third-order valence-corrected chi connectivity index (χ3v) is 2.70. The first-order chi connectivity index (χ1) is 9.06. The van der Waals surface area contributed by atoms with Crippen molar-refractivity contribution in [2.24, 2.45) is 0 Å². The fraction of sp³-hybridized carbons (Fsp3) is 0.600. The van der Waals surface area contributed by atoms with E-state index in [4.69, 9.17) is 14.2 Å². The summed E-state index contributed by atoms with van der Waals surface area (Å²) in [5.74, 6) is 1.64. The Hall–Kier alpha value is -1.26. The lowest BCUT2D eigenvalue weighted by Gasteiger charge is -2.18. The summed E-state index contributed by atoms with van der Waals surface area (Å²) in [6.45, 7) is 7.57. The summed E-state index contributed by atoms with van der Waals surface area (Å²) in [5.41, 5.74) is 1.12. The van der Waals surface area contributed by atoms with E-state index in [9.17, 15) is 0 Å². The number of hydrogen-bond donors (Lipinski definition) is 1. The molecule has 0 heterocycles. The van der Waals surface area contributed by atoms with Gasteiger partial charge in [0.05, 0.1) is 13.7 Å². The average Bonchev–Trinajstić information content (AvgIpc) is 2.37. The van der Waals surface area contributed by atoms with Crippen molar-refractivity contribution in [3.8, 4) is 11.5 Å². The molecule has 0 bridgehead atoms. The number of rotatable bonds is 8. The molecule has 108 valence electrons. The molecular weight excluding hydrogens is 242 g/mol. The molecule has 1 N–H and O–H groups in total. The van der Waals surface area contributed by atoms with Gasteiger partial charge in [-0.3, -0.25) is 0 Å². The van der Waals surface area contributed by atoms with Crippen molar-refractivity contribution < 1.29 is 14.2 Å². The van der Waals surface area contributed by atoms with Gasteiger partial charge in [-0.1, -0.05) is 19.9 Å². The van der Waals surface area contributed by atoms with E-state index in [-0.39, 0.29) is 6.10 Å². The second kappa shape index (κ2) is 8.02. The Labute approximate surface area is 116 Å². The fourth-order valence-electron chi connectivity index (χ4n) is 1.72. The number of benzene rings is 1. The van der Waals surface area contributed by atoms with Crippen LogP contribution in [0, 0.1) is 0 Å². The van der Waals surface area contributed by atoms with Crippen LogP contribution in [-0.2, 0) is 11.3 Å². The molecule has 0 aromatic heterocycles. The van der Waals surface area contributed by atoms with Crippen LogP contribution < -0.4 is 14.8 Å². The maximum Gasteiger partial charge on any atom is 0.128 e. The van der Waals surface area contributed by atoms with Gasteiger partial charge in [0, 0.05) is 31.3 Å². The van der Waals surface area contributed by atoms with Gasteiger partial charge < -0.3 is 19.5 Å². The van der Waals surface area contributed by atoms with Crippen LogP contribution in [0.25, 0.3) is 0 Å². The summed E-state index contributed by atoms with van der Waals surface area (Å²) in [6.07, 6.45) is 0.00917. The molecule has 0 fully saturated rings. The molecule has 1 unspecified atom stereocenters. The van der Waals surface area contributed by atoms with Crippen molar-refractivity contribution in [2.75, 3.05) is 20.8 Å². The third-order valence-electron chi connectivity index (χ3n) is 2.70. The monoisotopic (exact) mass is 267 g/mol. The molecule has 0 amide bonds. The predicted octanol–water partition coefficient (Wildman–Crippen LogP) is 2.61. The van der Waals surface area contributed by atoms with E-state index in [1.807, 2.05) is 25.1 Å². The SMILES string of the molecule is COCC(C)Oc1cc(OC)ccc1CNC(C)C. The topological polar surface area (TPSA) is 39.7 Å². The van der Waals surface area contributed by atoms with Gasteiger partial charge in [-0.15, -0.1) is 0 Å². The molecule has 0 aliphatic rings. The molecule has 1 aromatic carbocycles. The molecule has 0 saturated heterocycles. The molecule has 1 atom stereocenters. The summed E-state index contributed by atoms with van der Waals surface area (Å²) in [6, 6.07) is 6.34. The maximum absolute atomic E-state index is 5.92. The maximum atomic E-state index is 5.92. The molecule has 1 rings (SSSR count). The zero-order chi connectivity index (χ0) is 14.3. The first-order valence-corrected chi connectivity index (χ1v) is 6.62. The Morgan fingerprint density at radius 1 is 1.16 bits per heavy atom. The van der Waals surface area contributed by atoms with E-state index < -0.39 is 0 Å². The lowest BCUT2D eigenvalue weighted by molar-refractivity contribution is 0.0911. The summed E-state index contributed by atoms with van der Waals surface area (Å²) < 4.78 is 16.3. The van der Waals surface area contributed by atoms with Gasteiger partial charge in [-0.25, -0.2) is 0 Å². The first-order valence-electron chi connectivity index (χ1n) is 6.62. The Bertz CT molecular complexity index is 380. The number of nitrogens with one attached hydrogen (secondary N) is 1. The Kier molecular flexibility index (Phi) is 6.67. The van der Waals surface area contributed by atoms with Crippen LogP contribution in [0.1, 0.15) is 26.3 Å². The largest absolute Gasteiger partial charge is 0.497 e. The molecule has 19 heavy (non-hydrogen) atoms. The van der Waals surface area contributed by atoms with Gasteiger partial charge in [0.25, 0.3) is 0 Å². The van der Waals surface area contributed by atoms with Crippen LogP contribution in [0.2, 0.25) is 0 Å². The van der Waals surface area contributed by atoms with Crippen molar-refractivity contribution >= 4 is 0 Å². The normalized spacial score (nSPS) is 12.5. The number of hydrogen-bond acceptors (Lipinski definition) is 4. The minimum atomic E-state index is 0.00917. The lowest BCUT2D eigenvalue weighted by atomic mass is 10.1. The number of ether oxygens (including phenoxy) is 3. The molecule has 0 aliphatic heterocycles. The molecule has 4 nitrogen and oxygen atoms in total. The predicted molar refractivity (Wildman–Crippen MR) is 76.9 cm³/mol. The molecule has 1 aromatic rings. The van der Waals surface area contributed by atoms with Crippen LogP contribution in [0.15, 0.2) is 18.2 Å². The van der Waals surface area contributed by atoms with Gasteiger partial charge in [-0.05, 0) is 13.0 Å². The van der Waals surface area contributed by atoms with E-state index in [1.165, 1.54) is 0 Å². The van der Waals surface area contributed by atoms with Crippen molar-refractivity contribution in [3.63, 3.8) is 0 Å². The first kappa shape index (κ1) is 15.8. The second-order valence-corrected chi connectivity index (χ2v) is 4.89. The van der Waals surface area contributed by atoms with Gasteiger partial charge in [0.2, 0.25) is 0 Å². The fourth-order valence-corrected chi connectivity index (χ4v) is 1.72. The van der Waals surface area contributed by atoms with Crippen LogP contribution in [0.5, 0.6) is 11.5 Å². The highest BCUT2D eigenvalue weighted by molar-refractivity contribution is 5.40. The van der Waals surface area contributed by atoms with Gasteiger partial charge in [-0.2, -0.15) is 0 Å². The Balaban J connectivity index is 2.82. The van der Waals surface area contributed by atoms with Crippen LogP contribution >= 0.6 is 0 Å². The molecule has 0 saturated carbocycles. The quantitative estimate of drug-likeness (QED) is 0.786. The zero-order valence-corrected chi connectivity index (χ0v) is 12.5. The molecule has 0 spiro atoms. The summed E-state index contributed by atoms with van der Waals surface area (Å²) in [7, 11) is 3.33. The Morgan fingerprint density at radius 2 is 1.89 bits per heavy atom. The van der Waals surface area contributed by atoms with Crippen LogP contribution in [0.4, 0.5) is 0 Å². The Morgan fingerprint density at radius 3 is 2.47 bits per heavy atom. The smallest absolute Gasteiger partial charge is 0.128 e. The van der Waals surface area contributed by atoms with E-state index >= 15 is 0 Å². The number of methoxy groups -OCH3 is 2. The molecular formula is C15H25NO3.